The summed E-state index contributed by atoms with van der Waals surface area (Å²) in [5, 5.41) is 0. The van der Waals surface area contributed by atoms with Crippen LogP contribution in [-0.4, -0.2) is 70.0 Å². The van der Waals surface area contributed by atoms with Crippen molar-refractivity contribution in [1.29, 1.82) is 0 Å². The zero-order valence-corrected chi connectivity index (χ0v) is 45.5. The van der Waals surface area contributed by atoms with E-state index >= 15 is 0 Å². The number of hydrogen-bond acceptors (Lipinski definition) is 8. The second kappa shape index (κ2) is 50.1. The van der Waals surface area contributed by atoms with Gasteiger partial charge in [-0.25, -0.2) is 0 Å². The first-order valence-corrected chi connectivity index (χ1v) is 28.4. The quantitative estimate of drug-likeness (QED) is 0.0195. The van der Waals surface area contributed by atoms with Crippen LogP contribution >= 0.6 is 7.82 Å². The molecule has 2 unspecified atom stereocenters. The second-order valence-electron chi connectivity index (χ2n) is 18.5. The summed E-state index contributed by atoms with van der Waals surface area (Å²) in [6, 6.07) is 0. The summed E-state index contributed by atoms with van der Waals surface area (Å²) >= 11 is 0. The molecule has 0 aromatic heterocycles. The number of allylic oxidation sites excluding steroid dienone is 22. The molecule has 0 bridgehead atoms. The van der Waals surface area contributed by atoms with Crippen LogP contribution in [0.4, 0.5) is 0 Å². The van der Waals surface area contributed by atoms with Gasteiger partial charge in [0.25, 0.3) is 7.82 Å². The number of likely N-dealkylation sites (N-methyl/N-ethyl adjacent to an activating group) is 1. The van der Waals surface area contributed by atoms with Gasteiger partial charge in [-0.3, -0.25) is 14.2 Å². The molecule has 0 rings (SSSR count). The van der Waals surface area contributed by atoms with Crippen LogP contribution in [0.3, 0.4) is 0 Å². The van der Waals surface area contributed by atoms with E-state index in [1.165, 1.54) is 12.8 Å². The van der Waals surface area contributed by atoms with Crippen LogP contribution in [0, 0.1) is 0 Å². The number of carbonyl (C=O) groups excluding carboxylic acids is 2. The number of ether oxygens (including phenoxy) is 2. The highest BCUT2D eigenvalue weighted by Crippen LogP contribution is 2.38. The number of phosphoric ester groups is 1. The van der Waals surface area contributed by atoms with Gasteiger partial charge in [0.1, 0.15) is 19.8 Å². The van der Waals surface area contributed by atoms with E-state index in [1.807, 2.05) is 21.1 Å². The molecule has 0 aliphatic carbocycles. The van der Waals surface area contributed by atoms with Gasteiger partial charge in [0.05, 0.1) is 27.7 Å². The van der Waals surface area contributed by atoms with Gasteiger partial charge in [-0.2, -0.15) is 0 Å². The third-order valence-electron chi connectivity index (χ3n) is 10.7. The molecular formula is C60H98NO8P. The minimum Gasteiger partial charge on any atom is -0.756 e. The van der Waals surface area contributed by atoms with Crippen LogP contribution in [0.1, 0.15) is 181 Å². The van der Waals surface area contributed by atoms with E-state index < -0.39 is 32.5 Å². The van der Waals surface area contributed by atoms with Crippen LogP contribution in [0.25, 0.3) is 0 Å². The minimum atomic E-state index is -4.65. The summed E-state index contributed by atoms with van der Waals surface area (Å²) in [6.45, 7) is 4.00. The van der Waals surface area contributed by atoms with Crippen molar-refractivity contribution in [2.75, 3.05) is 47.5 Å². The SMILES string of the molecule is CC/C=C\C/C=C\C/C=C\C/C=C\C/C=C\C/C=C\C/C=C\C/C=C\C/C=C\C/C=C\CCCCCCC(=O)OC(COC(=O)CCCCCCC/C=C\CCCC)COP(=O)([O-])OCC[N+](C)(C)C. The number of nitrogens with zero attached hydrogens (tertiary/aromatic N) is 1. The van der Waals surface area contributed by atoms with E-state index in [0.29, 0.717) is 23.9 Å². The average molecular weight is 992 g/mol. The van der Waals surface area contributed by atoms with Gasteiger partial charge in [-0.1, -0.05) is 192 Å². The lowest BCUT2D eigenvalue weighted by Crippen LogP contribution is -2.37. The normalized spacial score (nSPS) is 14.4. The van der Waals surface area contributed by atoms with Crippen LogP contribution in [0.2, 0.25) is 0 Å². The number of esters is 2. The summed E-state index contributed by atoms with van der Waals surface area (Å²) in [4.78, 5) is 37.6. The Balaban J connectivity index is 4.23. The molecule has 0 spiro atoms. The van der Waals surface area contributed by atoms with E-state index in [4.69, 9.17) is 18.5 Å². The van der Waals surface area contributed by atoms with Gasteiger partial charge < -0.3 is 27.9 Å². The van der Waals surface area contributed by atoms with Crippen molar-refractivity contribution in [2.45, 2.75) is 187 Å². The summed E-state index contributed by atoms with van der Waals surface area (Å²) in [5.74, 6) is -0.888. The minimum absolute atomic E-state index is 0.0448. The molecule has 0 amide bonds. The lowest BCUT2D eigenvalue weighted by Gasteiger charge is -2.28. The Hall–Kier alpha value is -3.85. The van der Waals surface area contributed by atoms with Gasteiger partial charge >= 0.3 is 11.9 Å². The van der Waals surface area contributed by atoms with Crippen molar-refractivity contribution in [3.8, 4) is 0 Å². The average Bonchev–Trinajstić information content (AvgIpc) is 3.32. The Kier molecular flexibility index (Phi) is 47.3. The number of hydrogen-bond donors (Lipinski definition) is 0. The lowest BCUT2D eigenvalue weighted by molar-refractivity contribution is -0.870. The first-order valence-electron chi connectivity index (χ1n) is 26.9. The maximum atomic E-state index is 12.7. The predicted molar refractivity (Wildman–Crippen MR) is 295 cm³/mol. The van der Waals surface area contributed by atoms with Gasteiger partial charge in [0, 0.05) is 12.8 Å². The molecular weight excluding hydrogens is 894 g/mol. The molecule has 396 valence electrons. The fourth-order valence-electron chi connectivity index (χ4n) is 6.49. The maximum absolute atomic E-state index is 12.7. The zero-order valence-electron chi connectivity index (χ0n) is 44.7. The molecule has 70 heavy (non-hydrogen) atoms. The zero-order chi connectivity index (χ0) is 51.3. The number of quaternary nitrogens is 1. The Morgan fingerprint density at radius 2 is 0.814 bits per heavy atom. The smallest absolute Gasteiger partial charge is 0.306 e. The van der Waals surface area contributed by atoms with Crippen LogP contribution in [0.5, 0.6) is 0 Å². The summed E-state index contributed by atoms with van der Waals surface area (Å²) in [5.41, 5.74) is 0. The predicted octanol–water partition coefficient (Wildman–Crippen LogP) is 15.9. The number of unbranched alkanes of at least 4 members (excludes halogenated alkanes) is 11. The lowest BCUT2D eigenvalue weighted by atomic mass is 10.1. The van der Waals surface area contributed by atoms with Crippen molar-refractivity contribution in [3.63, 3.8) is 0 Å². The largest absolute Gasteiger partial charge is 0.756 e. The Morgan fingerprint density at radius 1 is 0.457 bits per heavy atom. The first kappa shape index (κ1) is 66.2. The summed E-state index contributed by atoms with van der Waals surface area (Å²) in [7, 11) is 1.12. The van der Waals surface area contributed by atoms with Gasteiger partial charge in [0.15, 0.2) is 6.10 Å². The molecule has 0 aliphatic heterocycles. The maximum Gasteiger partial charge on any atom is 0.306 e. The molecule has 10 heteroatoms. The van der Waals surface area contributed by atoms with E-state index in [2.05, 4.69) is 148 Å². The molecule has 0 fully saturated rings. The fraction of sp³-hybridized carbons (Fsp3) is 0.600. The number of phosphoric acid groups is 1. The van der Waals surface area contributed by atoms with E-state index in [1.54, 1.807) is 0 Å². The highest BCUT2D eigenvalue weighted by atomic mass is 31.2. The monoisotopic (exact) mass is 992 g/mol. The summed E-state index contributed by atoms with van der Waals surface area (Å²) < 4.78 is 33.9. The van der Waals surface area contributed by atoms with Crippen molar-refractivity contribution in [2.24, 2.45) is 0 Å². The standard InChI is InChI=1S/C60H98NO8P/c1-6-8-10-12-14-16-18-19-20-21-22-23-24-25-26-27-28-29-30-31-32-33-34-35-36-37-38-39-40-41-43-45-47-49-51-53-60(63)69-58(57-68-70(64,65)67-55-54-61(3,4)5)56-66-59(62)52-50-48-46-44-42-17-15-13-11-9-7-2/h8,10,13-16,19-20,22-23,25-26,28-29,31-32,34-35,37-38,40-41,58H,6-7,9,11-12,17-18,21,24,27,30,33,36,39,42-57H2,1-5H3/b10-8-,15-13-,16-14-,20-19-,23-22-,26-25-,29-28-,32-31-,35-34-,38-37-,41-40-. The van der Waals surface area contributed by atoms with Crippen molar-refractivity contribution in [1.82, 2.24) is 0 Å². The van der Waals surface area contributed by atoms with E-state index in [0.717, 1.165) is 128 Å². The Bertz CT molecular complexity index is 1640. The topological polar surface area (TPSA) is 111 Å². The fourth-order valence-corrected chi connectivity index (χ4v) is 7.21. The third kappa shape index (κ3) is 53.5. The highest BCUT2D eigenvalue weighted by molar-refractivity contribution is 7.45. The van der Waals surface area contributed by atoms with Crippen LogP contribution in [-0.2, 0) is 32.7 Å². The molecule has 0 aliphatic rings. The molecule has 0 saturated heterocycles. The molecule has 0 aromatic carbocycles. The second-order valence-corrected chi connectivity index (χ2v) is 19.9. The van der Waals surface area contributed by atoms with Crippen LogP contribution in [0.15, 0.2) is 134 Å². The molecule has 0 saturated carbocycles. The molecule has 0 N–H and O–H groups in total. The van der Waals surface area contributed by atoms with Gasteiger partial charge in [-0.05, 0) is 109 Å². The molecule has 0 radical (unpaired) electrons. The van der Waals surface area contributed by atoms with Crippen LogP contribution < -0.4 is 4.89 Å². The number of carbonyl (C=O) groups is 2. The van der Waals surface area contributed by atoms with Crippen molar-refractivity contribution < 1.29 is 42.1 Å². The Labute approximate surface area is 428 Å². The molecule has 0 heterocycles. The van der Waals surface area contributed by atoms with Gasteiger partial charge in [-0.15, -0.1) is 0 Å². The van der Waals surface area contributed by atoms with E-state index in [9.17, 15) is 19.0 Å². The molecule has 9 nitrogen and oxygen atoms in total. The summed E-state index contributed by atoms with van der Waals surface area (Å²) in [6.07, 6.45) is 72.2. The molecule has 2 atom stereocenters. The third-order valence-corrected chi connectivity index (χ3v) is 11.6. The highest BCUT2D eigenvalue weighted by Gasteiger charge is 2.21. The van der Waals surface area contributed by atoms with Crippen molar-refractivity contribution >= 4 is 19.8 Å². The Morgan fingerprint density at radius 3 is 1.23 bits per heavy atom. The first-order chi connectivity index (χ1) is 34.0. The molecule has 0 aromatic rings. The van der Waals surface area contributed by atoms with Gasteiger partial charge in [0.2, 0.25) is 0 Å². The van der Waals surface area contributed by atoms with E-state index in [-0.39, 0.29) is 26.1 Å². The van der Waals surface area contributed by atoms with Crippen molar-refractivity contribution in [3.05, 3.63) is 134 Å². The number of rotatable bonds is 47.